The number of nitrogens with zero attached hydrogens (tertiary/aromatic N) is 3. The van der Waals surface area contributed by atoms with Gasteiger partial charge < -0.3 is 20.7 Å². The molecule has 4 aromatic rings. The SMILES string of the molecule is COc1c(F)c(F)cc(C(=O)Nc2ccc(Nc3cc(Nc4cc(C)ccn4)nc(C)n3)cc2)c1F. The Balaban J connectivity index is 1.47. The number of pyridine rings is 1. The predicted molar refractivity (Wildman–Crippen MR) is 130 cm³/mol. The van der Waals surface area contributed by atoms with E-state index in [2.05, 4.69) is 35.6 Å². The average Bonchev–Trinajstić information content (AvgIpc) is 2.82. The molecule has 0 bridgehead atoms. The summed E-state index contributed by atoms with van der Waals surface area (Å²) < 4.78 is 46.3. The molecular weight excluding hydrogens is 473 g/mol. The summed E-state index contributed by atoms with van der Waals surface area (Å²) in [4.78, 5) is 25.4. The Hall–Kier alpha value is -4.67. The molecule has 2 aromatic heterocycles. The summed E-state index contributed by atoms with van der Waals surface area (Å²) in [6.45, 7) is 3.72. The number of methoxy groups -OCH3 is 1. The number of aromatic nitrogens is 3. The zero-order chi connectivity index (χ0) is 25.8. The number of anilines is 5. The Morgan fingerprint density at radius 2 is 1.50 bits per heavy atom. The third-order valence-electron chi connectivity index (χ3n) is 4.99. The number of rotatable bonds is 7. The number of ether oxygens (including phenoxy) is 1. The zero-order valence-electron chi connectivity index (χ0n) is 19.5. The number of aryl methyl sites for hydroxylation is 2. The largest absolute Gasteiger partial charge is 0.491 e. The van der Waals surface area contributed by atoms with Gasteiger partial charge >= 0.3 is 0 Å². The van der Waals surface area contributed by atoms with Crippen molar-refractivity contribution >= 4 is 34.7 Å². The fraction of sp³-hybridized carbons (Fsp3) is 0.120. The Kier molecular flexibility index (Phi) is 7.00. The van der Waals surface area contributed by atoms with Crippen LogP contribution in [0.25, 0.3) is 0 Å². The van der Waals surface area contributed by atoms with E-state index in [-0.39, 0.29) is 0 Å². The van der Waals surface area contributed by atoms with Crippen molar-refractivity contribution in [3.05, 3.63) is 89.1 Å². The maximum atomic E-state index is 14.4. The van der Waals surface area contributed by atoms with E-state index in [0.717, 1.165) is 12.7 Å². The van der Waals surface area contributed by atoms with Gasteiger partial charge in [0.25, 0.3) is 5.91 Å². The minimum atomic E-state index is -1.50. The van der Waals surface area contributed by atoms with E-state index in [0.29, 0.717) is 40.7 Å². The molecule has 2 aromatic carbocycles. The number of hydrogen-bond donors (Lipinski definition) is 3. The van der Waals surface area contributed by atoms with Crippen molar-refractivity contribution in [2.45, 2.75) is 13.8 Å². The molecule has 2 heterocycles. The number of amides is 1. The van der Waals surface area contributed by atoms with Crippen LogP contribution in [-0.4, -0.2) is 28.0 Å². The van der Waals surface area contributed by atoms with Crippen LogP contribution in [0.4, 0.5) is 42.0 Å². The van der Waals surface area contributed by atoms with E-state index in [4.69, 9.17) is 0 Å². The van der Waals surface area contributed by atoms with Crippen LogP contribution in [0.5, 0.6) is 5.75 Å². The normalized spacial score (nSPS) is 10.6. The first kappa shape index (κ1) is 24.5. The fourth-order valence-electron chi connectivity index (χ4n) is 3.34. The highest BCUT2D eigenvalue weighted by molar-refractivity contribution is 6.04. The van der Waals surface area contributed by atoms with Crippen molar-refractivity contribution in [1.29, 1.82) is 0 Å². The molecule has 0 radical (unpaired) electrons. The predicted octanol–water partition coefficient (Wildman–Crippen LogP) is 5.65. The molecule has 184 valence electrons. The van der Waals surface area contributed by atoms with Crippen LogP contribution < -0.4 is 20.7 Å². The molecule has 8 nitrogen and oxygen atoms in total. The molecule has 36 heavy (non-hydrogen) atoms. The van der Waals surface area contributed by atoms with Crippen molar-refractivity contribution in [1.82, 2.24) is 15.0 Å². The summed E-state index contributed by atoms with van der Waals surface area (Å²) in [6, 6.07) is 12.4. The van der Waals surface area contributed by atoms with Gasteiger partial charge in [-0.2, -0.15) is 4.39 Å². The summed E-state index contributed by atoms with van der Waals surface area (Å²) in [6.07, 6.45) is 1.70. The summed E-state index contributed by atoms with van der Waals surface area (Å²) in [5.41, 5.74) is 1.31. The molecule has 0 spiro atoms. The smallest absolute Gasteiger partial charge is 0.258 e. The minimum Gasteiger partial charge on any atom is -0.491 e. The average molecular weight is 494 g/mol. The lowest BCUT2D eigenvalue weighted by Gasteiger charge is -2.12. The maximum Gasteiger partial charge on any atom is 0.258 e. The molecule has 1 amide bonds. The van der Waals surface area contributed by atoms with Gasteiger partial charge in [-0.25, -0.2) is 23.7 Å². The van der Waals surface area contributed by atoms with E-state index in [1.54, 1.807) is 43.5 Å². The van der Waals surface area contributed by atoms with Gasteiger partial charge in [-0.1, -0.05) is 0 Å². The Morgan fingerprint density at radius 1 is 0.833 bits per heavy atom. The number of hydrogen-bond acceptors (Lipinski definition) is 7. The van der Waals surface area contributed by atoms with E-state index in [1.807, 2.05) is 19.1 Å². The monoisotopic (exact) mass is 494 g/mol. The summed E-state index contributed by atoms with van der Waals surface area (Å²) in [5, 5.41) is 8.72. The van der Waals surface area contributed by atoms with Crippen molar-refractivity contribution < 1.29 is 22.7 Å². The maximum absolute atomic E-state index is 14.4. The van der Waals surface area contributed by atoms with Crippen molar-refractivity contribution in [3.63, 3.8) is 0 Å². The third kappa shape index (κ3) is 5.52. The molecule has 0 unspecified atom stereocenters. The van der Waals surface area contributed by atoms with Gasteiger partial charge in [-0.3, -0.25) is 4.79 Å². The van der Waals surface area contributed by atoms with E-state index < -0.39 is 34.7 Å². The van der Waals surface area contributed by atoms with Crippen LogP contribution in [-0.2, 0) is 0 Å². The third-order valence-corrected chi connectivity index (χ3v) is 4.99. The Morgan fingerprint density at radius 3 is 2.17 bits per heavy atom. The molecule has 4 rings (SSSR count). The van der Waals surface area contributed by atoms with Crippen LogP contribution in [0.15, 0.2) is 54.7 Å². The van der Waals surface area contributed by atoms with Gasteiger partial charge in [0, 0.05) is 23.6 Å². The first-order valence-electron chi connectivity index (χ1n) is 10.7. The molecule has 3 N–H and O–H groups in total. The standard InChI is InChI=1S/C25H21F3N6O2/c1-13-8-9-29-19(10-13)34-21-12-20(30-14(2)31-21)32-15-4-6-16(7-5-15)33-25(35)17-11-18(26)23(28)24(36-3)22(17)27/h4-12H,1-3H3,(H,33,35)(H2,29,30,31,32,34). The van der Waals surface area contributed by atoms with Gasteiger partial charge in [0.1, 0.15) is 23.3 Å². The van der Waals surface area contributed by atoms with Gasteiger partial charge in [0.15, 0.2) is 17.4 Å². The number of carbonyl (C=O) groups is 1. The molecule has 0 aliphatic rings. The van der Waals surface area contributed by atoms with Crippen LogP contribution in [0, 0.1) is 31.3 Å². The fourth-order valence-corrected chi connectivity index (χ4v) is 3.34. The molecule has 0 saturated carbocycles. The zero-order valence-corrected chi connectivity index (χ0v) is 19.5. The highest BCUT2D eigenvalue weighted by Crippen LogP contribution is 2.28. The molecule has 0 fully saturated rings. The highest BCUT2D eigenvalue weighted by atomic mass is 19.2. The Labute approximate surface area is 204 Å². The van der Waals surface area contributed by atoms with E-state index in [9.17, 15) is 18.0 Å². The first-order valence-corrected chi connectivity index (χ1v) is 10.7. The molecule has 0 aliphatic heterocycles. The van der Waals surface area contributed by atoms with E-state index >= 15 is 0 Å². The number of nitrogens with one attached hydrogen (secondary N) is 3. The van der Waals surface area contributed by atoms with Crippen molar-refractivity contribution in [2.24, 2.45) is 0 Å². The Bertz CT molecular complexity index is 1430. The highest BCUT2D eigenvalue weighted by Gasteiger charge is 2.23. The van der Waals surface area contributed by atoms with Crippen molar-refractivity contribution in [2.75, 3.05) is 23.1 Å². The van der Waals surface area contributed by atoms with Gasteiger partial charge in [-0.05, 0) is 61.9 Å². The molecule has 11 heteroatoms. The number of carbonyl (C=O) groups excluding carboxylic acids is 1. The van der Waals surface area contributed by atoms with E-state index in [1.165, 1.54) is 0 Å². The van der Waals surface area contributed by atoms with Crippen molar-refractivity contribution in [3.8, 4) is 5.75 Å². The second kappa shape index (κ2) is 10.3. The second-order valence-corrected chi connectivity index (χ2v) is 7.75. The topological polar surface area (TPSA) is 101 Å². The first-order chi connectivity index (χ1) is 17.2. The lowest BCUT2D eigenvalue weighted by Crippen LogP contribution is -2.15. The summed E-state index contributed by atoms with van der Waals surface area (Å²) in [5.74, 6) is -3.88. The van der Waals surface area contributed by atoms with Crippen LogP contribution >= 0.6 is 0 Å². The number of halogens is 3. The minimum absolute atomic E-state index is 0.306. The molecular formula is C25H21F3N6O2. The summed E-state index contributed by atoms with van der Waals surface area (Å²) >= 11 is 0. The second-order valence-electron chi connectivity index (χ2n) is 7.75. The lowest BCUT2D eigenvalue weighted by molar-refractivity contribution is 0.102. The van der Waals surface area contributed by atoms with Crippen LogP contribution in [0.2, 0.25) is 0 Å². The van der Waals surface area contributed by atoms with Gasteiger partial charge in [0.2, 0.25) is 5.82 Å². The van der Waals surface area contributed by atoms with Gasteiger partial charge in [0.05, 0.1) is 12.7 Å². The van der Waals surface area contributed by atoms with Crippen LogP contribution in [0.3, 0.4) is 0 Å². The lowest BCUT2D eigenvalue weighted by atomic mass is 10.1. The molecule has 0 saturated heterocycles. The summed E-state index contributed by atoms with van der Waals surface area (Å²) in [7, 11) is 0.978. The molecule has 0 aliphatic carbocycles. The van der Waals surface area contributed by atoms with Gasteiger partial charge in [-0.15, -0.1) is 0 Å². The molecule has 0 atom stereocenters. The van der Waals surface area contributed by atoms with Crippen LogP contribution in [0.1, 0.15) is 21.7 Å². The number of benzene rings is 2. The quantitative estimate of drug-likeness (QED) is 0.285.